The van der Waals surface area contributed by atoms with Gasteiger partial charge in [-0.3, -0.25) is 9.89 Å². The highest BCUT2D eigenvalue weighted by Gasteiger charge is 2.23. The molecule has 1 aromatic heterocycles. The van der Waals surface area contributed by atoms with Crippen LogP contribution in [0.25, 0.3) is 11.3 Å². The molecule has 1 aliphatic heterocycles. The number of amides is 1. The van der Waals surface area contributed by atoms with Gasteiger partial charge in [0.15, 0.2) is 5.82 Å². The van der Waals surface area contributed by atoms with Gasteiger partial charge in [0.25, 0.3) is 5.91 Å². The van der Waals surface area contributed by atoms with Crippen LogP contribution in [0.5, 0.6) is 5.75 Å². The molecule has 6 nitrogen and oxygen atoms in total. The summed E-state index contributed by atoms with van der Waals surface area (Å²) in [6, 6.07) is 17.9. The molecule has 6 heteroatoms. The average molecular weight is 390 g/mol. The summed E-state index contributed by atoms with van der Waals surface area (Å²) < 4.78 is 5.21. The second-order valence-electron chi connectivity index (χ2n) is 7.47. The van der Waals surface area contributed by atoms with E-state index in [0.29, 0.717) is 0 Å². The second-order valence-corrected chi connectivity index (χ2v) is 7.47. The van der Waals surface area contributed by atoms with Crippen LogP contribution in [0, 0.1) is 6.92 Å². The van der Waals surface area contributed by atoms with E-state index in [2.05, 4.69) is 26.5 Å². The van der Waals surface area contributed by atoms with Crippen LogP contribution in [0.1, 0.15) is 28.8 Å². The number of aromatic nitrogens is 2. The third-order valence-electron chi connectivity index (χ3n) is 5.40. The number of carbonyl (C=O) groups is 1. The van der Waals surface area contributed by atoms with Crippen molar-refractivity contribution >= 4 is 11.7 Å². The molecule has 3 aromatic rings. The van der Waals surface area contributed by atoms with Gasteiger partial charge in [-0.1, -0.05) is 17.7 Å². The van der Waals surface area contributed by atoms with Crippen LogP contribution < -0.4 is 15.0 Å². The van der Waals surface area contributed by atoms with Gasteiger partial charge in [0.1, 0.15) is 5.75 Å². The molecule has 2 heterocycles. The number of aryl methyl sites for hydroxylation is 1. The van der Waals surface area contributed by atoms with Crippen LogP contribution in [0.15, 0.2) is 54.6 Å². The summed E-state index contributed by atoms with van der Waals surface area (Å²) in [5.74, 6) is 1.79. The summed E-state index contributed by atoms with van der Waals surface area (Å²) in [6.45, 7) is 3.73. The lowest BCUT2D eigenvalue weighted by molar-refractivity contribution is 0.0931. The Morgan fingerprint density at radius 3 is 2.59 bits per heavy atom. The van der Waals surface area contributed by atoms with E-state index in [1.54, 1.807) is 7.11 Å². The van der Waals surface area contributed by atoms with Crippen LogP contribution in [-0.4, -0.2) is 42.3 Å². The molecule has 4 rings (SSSR count). The fourth-order valence-corrected chi connectivity index (χ4v) is 3.70. The van der Waals surface area contributed by atoms with Crippen molar-refractivity contribution in [3.8, 4) is 17.0 Å². The maximum atomic E-state index is 12.5. The Hall–Kier alpha value is -3.28. The molecule has 0 radical (unpaired) electrons. The van der Waals surface area contributed by atoms with Crippen LogP contribution in [0.4, 0.5) is 5.82 Å². The molecular weight excluding hydrogens is 364 g/mol. The first kappa shape index (κ1) is 19.1. The van der Waals surface area contributed by atoms with Gasteiger partial charge in [-0.15, -0.1) is 0 Å². The summed E-state index contributed by atoms with van der Waals surface area (Å²) in [5, 5.41) is 10.8. The van der Waals surface area contributed by atoms with E-state index in [1.165, 1.54) is 0 Å². The maximum absolute atomic E-state index is 12.5. The summed E-state index contributed by atoms with van der Waals surface area (Å²) in [5.41, 5.74) is 3.88. The second kappa shape index (κ2) is 8.39. The minimum Gasteiger partial charge on any atom is -0.497 e. The van der Waals surface area contributed by atoms with Gasteiger partial charge in [-0.05, 0) is 61.7 Å². The molecule has 2 N–H and O–H groups in total. The number of aromatic amines is 1. The van der Waals surface area contributed by atoms with E-state index >= 15 is 0 Å². The fraction of sp³-hybridized carbons (Fsp3) is 0.304. The van der Waals surface area contributed by atoms with E-state index in [1.807, 2.05) is 55.5 Å². The van der Waals surface area contributed by atoms with Gasteiger partial charge in [0.2, 0.25) is 0 Å². The lowest BCUT2D eigenvalue weighted by Crippen LogP contribution is -2.44. The summed E-state index contributed by atoms with van der Waals surface area (Å²) in [4.78, 5) is 14.7. The largest absolute Gasteiger partial charge is 0.497 e. The van der Waals surface area contributed by atoms with Crippen molar-refractivity contribution in [3.63, 3.8) is 0 Å². The third-order valence-corrected chi connectivity index (χ3v) is 5.40. The zero-order chi connectivity index (χ0) is 20.2. The van der Waals surface area contributed by atoms with E-state index in [-0.39, 0.29) is 11.9 Å². The molecule has 0 unspecified atom stereocenters. The Morgan fingerprint density at radius 2 is 1.90 bits per heavy atom. The molecule has 1 fully saturated rings. The van der Waals surface area contributed by atoms with Gasteiger partial charge >= 0.3 is 0 Å². The Kier molecular flexibility index (Phi) is 5.51. The highest BCUT2D eigenvalue weighted by atomic mass is 16.5. The first-order valence-corrected chi connectivity index (χ1v) is 9.95. The van der Waals surface area contributed by atoms with Crippen LogP contribution in [0.3, 0.4) is 0 Å². The number of H-pyrrole nitrogens is 1. The van der Waals surface area contributed by atoms with Gasteiger partial charge in [0.05, 0.1) is 12.8 Å². The van der Waals surface area contributed by atoms with Crippen molar-refractivity contribution < 1.29 is 9.53 Å². The molecule has 0 spiro atoms. The van der Waals surface area contributed by atoms with Crippen LogP contribution in [0.2, 0.25) is 0 Å². The Balaban J connectivity index is 1.34. The first-order valence-electron chi connectivity index (χ1n) is 9.95. The minimum atomic E-state index is 0.00807. The number of nitrogens with zero attached hydrogens (tertiary/aromatic N) is 2. The highest BCUT2D eigenvalue weighted by molar-refractivity contribution is 5.94. The SMILES string of the molecule is COc1ccc(-c2cc(N3CCC(NC(=O)c4cccc(C)c4)CC3)n[nH]2)cc1. The quantitative estimate of drug-likeness (QED) is 0.695. The summed E-state index contributed by atoms with van der Waals surface area (Å²) >= 11 is 0. The molecule has 29 heavy (non-hydrogen) atoms. The molecule has 0 bridgehead atoms. The lowest BCUT2D eigenvalue weighted by Gasteiger charge is -2.32. The molecule has 2 aromatic carbocycles. The number of nitrogens with one attached hydrogen (secondary N) is 2. The van der Waals surface area contributed by atoms with E-state index in [0.717, 1.165) is 59.9 Å². The molecule has 0 atom stereocenters. The normalized spacial score (nSPS) is 14.6. The predicted molar refractivity (Wildman–Crippen MR) is 114 cm³/mol. The number of ether oxygens (including phenoxy) is 1. The van der Waals surface area contributed by atoms with Crippen molar-refractivity contribution in [2.75, 3.05) is 25.1 Å². The van der Waals surface area contributed by atoms with Gasteiger partial charge in [0, 0.05) is 30.8 Å². The van der Waals surface area contributed by atoms with Crippen molar-refractivity contribution in [3.05, 3.63) is 65.7 Å². The lowest BCUT2D eigenvalue weighted by atomic mass is 10.0. The van der Waals surface area contributed by atoms with Crippen molar-refractivity contribution in [1.29, 1.82) is 0 Å². The van der Waals surface area contributed by atoms with Crippen molar-refractivity contribution in [2.24, 2.45) is 0 Å². The predicted octanol–water partition coefficient (Wildman–Crippen LogP) is 3.79. The standard InChI is InChI=1S/C23H26N4O2/c1-16-4-3-5-18(14-16)23(28)24-19-10-12-27(13-11-19)22-15-21(25-26-22)17-6-8-20(29-2)9-7-17/h3-9,14-15,19H,10-13H2,1-2H3,(H,24,28)(H,25,26). The van der Waals surface area contributed by atoms with Gasteiger partial charge < -0.3 is 15.0 Å². The number of methoxy groups -OCH3 is 1. The molecular formula is C23H26N4O2. The summed E-state index contributed by atoms with van der Waals surface area (Å²) in [6.07, 6.45) is 1.81. The number of benzene rings is 2. The van der Waals surface area contributed by atoms with Gasteiger partial charge in [-0.2, -0.15) is 5.10 Å². The molecule has 1 amide bonds. The molecule has 150 valence electrons. The molecule has 0 aliphatic carbocycles. The number of piperidine rings is 1. The number of anilines is 1. The van der Waals surface area contributed by atoms with Crippen molar-refractivity contribution in [1.82, 2.24) is 15.5 Å². The number of rotatable bonds is 5. The van der Waals surface area contributed by atoms with E-state index in [9.17, 15) is 4.79 Å². The molecule has 1 aliphatic rings. The number of carbonyl (C=O) groups excluding carboxylic acids is 1. The Labute approximate surface area is 170 Å². The van der Waals surface area contributed by atoms with Crippen molar-refractivity contribution in [2.45, 2.75) is 25.8 Å². The van der Waals surface area contributed by atoms with Crippen LogP contribution >= 0.6 is 0 Å². The topological polar surface area (TPSA) is 70.2 Å². The molecule has 1 saturated heterocycles. The number of hydrogen-bond acceptors (Lipinski definition) is 4. The van der Waals surface area contributed by atoms with E-state index in [4.69, 9.17) is 4.74 Å². The zero-order valence-corrected chi connectivity index (χ0v) is 16.8. The first-order chi connectivity index (χ1) is 14.1. The van der Waals surface area contributed by atoms with E-state index < -0.39 is 0 Å². The summed E-state index contributed by atoms with van der Waals surface area (Å²) in [7, 11) is 1.66. The third kappa shape index (κ3) is 4.42. The maximum Gasteiger partial charge on any atom is 0.251 e. The number of hydrogen-bond donors (Lipinski definition) is 2. The molecule has 0 saturated carbocycles. The van der Waals surface area contributed by atoms with Crippen LogP contribution in [-0.2, 0) is 0 Å². The van der Waals surface area contributed by atoms with Gasteiger partial charge in [-0.25, -0.2) is 0 Å². The zero-order valence-electron chi connectivity index (χ0n) is 16.8. The Bertz CT molecular complexity index is 973. The monoisotopic (exact) mass is 390 g/mol. The fourth-order valence-electron chi connectivity index (χ4n) is 3.70. The average Bonchev–Trinajstić information content (AvgIpc) is 3.24. The smallest absolute Gasteiger partial charge is 0.251 e. The Morgan fingerprint density at radius 1 is 1.14 bits per heavy atom. The minimum absolute atomic E-state index is 0.00807. The highest BCUT2D eigenvalue weighted by Crippen LogP contribution is 2.25.